The number of hydrogen-bond acceptors (Lipinski definition) is 4. The van der Waals surface area contributed by atoms with Crippen molar-refractivity contribution in [2.45, 2.75) is 6.42 Å². The molecule has 2 aromatic heterocycles. The summed E-state index contributed by atoms with van der Waals surface area (Å²) in [5, 5.41) is 9.42. The number of hydrogen-bond donors (Lipinski definition) is 0. The molecule has 2 aromatic carbocycles. The first-order valence-electron chi connectivity index (χ1n) is 7.73. The highest BCUT2D eigenvalue weighted by Gasteiger charge is 2.18. The third-order valence-electron chi connectivity index (χ3n) is 4.11. The summed E-state index contributed by atoms with van der Waals surface area (Å²) in [5.74, 6) is -0.172. The summed E-state index contributed by atoms with van der Waals surface area (Å²) in [6.07, 6.45) is -0.0695. The maximum Gasteiger partial charge on any atom is 0.261 e. The average molecular weight is 328 g/mol. The Bertz CT molecular complexity index is 1210. The van der Waals surface area contributed by atoms with E-state index in [1.165, 1.54) is 10.5 Å². The summed E-state index contributed by atoms with van der Waals surface area (Å²) in [4.78, 5) is 25.3. The number of pyridine rings is 1. The summed E-state index contributed by atoms with van der Waals surface area (Å²) >= 11 is 0. The highest BCUT2D eigenvalue weighted by molar-refractivity contribution is 5.97. The van der Waals surface area contributed by atoms with E-state index in [1.807, 2.05) is 12.1 Å². The van der Waals surface area contributed by atoms with Crippen LogP contribution in [-0.4, -0.2) is 10.2 Å². The van der Waals surface area contributed by atoms with E-state index in [2.05, 4.69) is 0 Å². The fourth-order valence-electron chi connectivity index (χ4n) is 2.91. The number of carbonyl (C=O) groups excluding carboxylic acids is 1. The van der Waals surface area contributed by atoms with E-state index in [0.29, 0.717) is 16.7 Å². The molecule has 0 saturated carbocycles. The molecule has 25 heavy (non-hydrogen) atoms. The number of nitriles is 1. The van der Waals surface area contributed by atoms with Gasteiger partial charge in [-0.3, -0.25) is 9.59 Å². The van der Waals surface area contributed by atoms with Crippen LogP contribution in [0.3, 0.4) is 0 Å². The molecule has 5 heteroatoms. The first kappa shape index (κ1) is 14.9. The maximum absolute atomic E-state index is 12.9. The number of benzene rings is 2. The largest absolute Gasteiger partial charge is 0.437 e. The van der Waals surface area contributed by atoms with Gasteiger partial charge in [-0.2, -0.15) is 5.26 Å². The zero-order chi connectivity index (χ0) is 17.4. The summed E-state index contributed by atoms with van der Waals surface area (Å²) in [5.41, 5.74) is 1.98. The molecule has 0 radical (unpaired) electrons. The van der Waals surface area contributed by atoms with E-state index in [1.54, 1.807) is 48.5 Å². The molecule has 0 saturated heterocycles. The van der Waals surface area contributed by atoms with Crippen molar-refractivity contribution in [2.75, 3.05) is 0 Å². The molecule has 0 atom stereocenters. The lowest BCUT2D eigenvalue weighted by Crippen LogP contribution is -2.21. The Morgan fingerprint density at radius 2 is 1.80 bits per heavy atom. The summed E-state index contributed by atoms with van der Waals surface area (Å²) in [7, 11) is 0. The molecule has 0 aliphatic heterocycles. The van der Waals surface area contributed by atoms with E-state index in [4.69, 9.17) is 4.42 Å². The van der Waals surface area contributed by atoms with Crippen LogP contribution in [0.1, 0.15) is 21.5 Å². The van der Waals surface area contributed by atoms with Gasteiger partial charge in [-0.15, -0.1) is 0 Å². The molecule has 0 spiro atoms. The zero-order valence-electron chi connectivity index (χ0n) is 13.1. The Balaban J connectivity index is 1.92. The van der Waals surface area contributed by atoms with E-state index < -0.39 is 0 Å². The zero-order valence-corrected chi connectivity index (χ0v) is 13.1. The number of rotatable bonds is 3. The summed E-state index contributed by atoms with van der Waals surface area (Å²) in [6, 6.07) is 19.3. The lowest BCUT2D eigenvalue weighted by Gasteiger charge is -2.03. The second kappa shape index (κ2) is 5.77. The molecule has 0 aliphatic carbocycles. The predicted molar refractivity (Wildman–Crippen MR) is 92.6 cm³/mol. The predicted octanol–water partition coefficient (Wildman–Crippen LogP) is 3.34. The topological polar surface area (TPSA) is 75.5 Å². The third kappa shape index (κ3) is 2.41. The van der Waals surface area contributed by atoms with Gasteiger partial charge in [0.05, 0.1) is 5.52 Å². The molecule has 4 rings (SSSR count). The van der Waals surface area contributed by atoms with Gasteiger partial charge in [-0.1, -0.05) is 42.5 Å². The molecule has 0 amide bonds. The lowest BCUT2D eigenvalue weighted by molar-refractivity contribution is 0.0992. The molecule has 5 nitrogen and oxygen atoms in total. The van der Waals surface area contributed by atoms with E-state index in [0.717, 1.165) is 0 Å². The number of oxazole rings is 1. The van der Waals surface area contributed by atoms with Gasteiger partial charge >= 0.3 is 0 Å². The second-order valence-corrected chi connectivity index (χ2v) is 5.68. The van der Waals surface area contributed by atoms with Crippen LogP contribution >= 0.6 is 0 Å². The van der Waals surface area contributed by atoms with Crippen LogP contribution in [0.5, 0.6) is 0 Å². The molecule has 0 aliphatic rings. The third-order valence-corrected chi connectivity index (χ3v) is 4.11. The summed E-state index contributed by atoms with van der Waals surface area (Å²) < 4.78 is 7.02. The Morgan fingerprint density at radius 1 is 1.08 bits per heavy atom. The first-order chi connectivity index (χ1) is 12.2. The van der Waals surface area contributed by atoms with Crippen LogP contribution in [0.25, 0.3) is 16.8 Å². The number of aromatic nitrogens is 1. The molecule has 2 heterocycles. The first-order valence-corrected chi connectivity index (χ1v) is 7.73. The Labute approximate surface area is 142 Å². The molecule has 0 bridgehead atoms. The standard InChI is InChI=1S/C20H12N2O3/c21-12-15-10-14(11-17(23)13-6-2-1-3-7-13)19(24)22-16-8-4-5-9-18(16)25-20(15)22/h1-10H,11H2. The van der Waals surface area contributed by atoms with Gasteiger partial charge < -0.3 is 4.42 Å². The van der Waals surface area contributed by atoms with Gasteiger partial charge in [-0.25, -0.2) is 4.40 Å². The normalized spacial score (nSPS) is 10.8. The van der Waals surface area contributed by atoms with Crippen molar-refractivity contribution in [3.63, 3.8) is 0 Å². The molecule has 0 N–H and O–H groups in total. The van der Waals surface area contributed by atoms with Gasteiger partial charge in [-0.05, 0) is 18.2 Å². The fraction of sp³-hybridized carbons (Fsp3) is 0.0500. The van der Waals surface area contributed by atoms with E-state index in [9.17, 15) is 14.9 Å². The van der Waals surface area contributed by atoms with Crippen molar-refractivity contribution >= 4 is 22.6 Å². The molecule has 4 aromatic rings. The van der Waals surface area contributed by atoms with Crippen molar-refractivity contribution in [3.05, 3.63) is 87.7 Å². The number of para-hydroxylation sites is 2. The highest BCUT2D eigenvalue weighted by Crippen LogP contribution is 2.22. The molecule has 120 valence electrons. The van der Waals surface area contributed by atoms with Crippen molar-refractivity contribution in [1.82, 2.24) is 4.40 Å². The van der Waals surface area contributed by atoms with Crippen LogP contribution in [0.15, 0.2) is 69.9 Å². The van der Waals surface area contributed by atoms with Gasteiger partial charge in [0.25, 0.3) is 5.56 Å². The van der Waals surface area contributed by atoms with Crippen molar-refractivity contribution in [3.8, 4) is 6.07 Å². The number of carbonyl (C=O) groups is 1. The minimum atomic E-state index is -0.344. The van der Waals surface area contributed by atoms with Crippen LogP contribution in [-0.2, 0) is 6.42 Å². The van der Waals surface area contributed by atoms with E-state index >= 15 is 0 Å². The number of nitrogens with zero attached hydrogens (tertiary/aromatic N) is 2. The highest BCUT2D eigenvalue weighted by atomic mass is 16.3. The Kier molecular flexibility index (Phi) is 3.44. The van der Waals surface area contributed by atoms with Crippen molar-refractivity contribution < 1.29 is 9.21 Å². The lowest BCUT2D eigenvalue weighted by atomic mass is 10.0. The van der Waals surface area contributed by atoms with Crippen LogP contribution in [0.4, 0.5) is 0 Å². The Hall–Kier alpha value is -3.65. The van der Waals surface area contributed by atoms with Gasteiger partial charge in [0, 0.05) is 17.5 Å². The van der Waals surface area contributed by atoms with Crippen molar-refractivity contribution in [2.24, 2.45) is 0 Å². The molecular formula is C20H12N2O3. The minimum absolute atomic E-state index is 0.0695. The average Bonchev–Trinajstić information content (AvgIpc) is 3.04. The number of fused-ring (bicyclic) bond motifs is 3. The van der Waals surface area contributed by atoms with Gasteiger partial charge in [0.1, 0.15) is 11.6 Å². The fourth-order valence-corrected chi connectivity index (χ4v) is 2.91. The van der Waals surface area contributed by atoms with Crippen LogP contribution < -0.4 is 5.56 Å². The van der Waals surface area contributed by atoms with Gasteiger partial charge in [0.15, 0.2) is 11.4 Å². The van der Waals surface area contributed by atoms with Crippen LogP contribution in [0.2, 0.25) is 0 Å². The summed E-state index contributed by atoms with van der Waals surface area (Å²) in [6.45, 7) is 0. The minimum Gasteiger partial charge on any atom is -0.437 e. The van der Waals surface area contributed by atoms with E-state index in [-0.39, 0.29) is 34.6 Å². The molecule has 0 fully saturated rings. The SMILES string of the molecule is N#Cc1cc(CC(=O)c2ccccc2)c(=O)n2c1oc1ccccc12. The number of ketones is 1. The number of Topliss-reactive ketones (excluding diaryl/α,β-unsaturated/α-hetero) is 1. The van der Waals surface area contributed by atoms with Crippen molar-refractivity contribution in [1.29, 1.82) is 5.26 Å². The smallest absolute Gasteiger partial charge is 0.261 e. The Morgan fingerprint density at radius 3 is 2.56 bits per heavy atom. The van der Waals surface area contributed by atoms with Gasteiger partial charge in [0.2, 0.25) is 5.71 Å². The molecule has 0 unspecified atom stereocenters. The second-order valence-electron chi connectivity index (χ2n) is 5.68. The van der Waals surface area contributed by atoms with Crippen LogP contribution in [0, 0.1) is 11.3 Å². The molecular weight excluding hydrogens is 316 g/mol. The maximum atomic E-state index is 12.9. The monoisotopic (exact) mass is 328 g/mol. The quantitative estimate of drug-likeness (QED) is 0.541.